The summed E-state index contributed by atoms with van der Waals surface area (Å²) in [7, 11) is 0. The Morgan fingerprint density at radius 2 is 2.05 bits per heavy atom. The Morgan fingerprint density at radius 1 is 1.24 bits per heavy atom. The zero-order valence-electron chi connectivity index (χ0n) is 12.4. The number of rotatable bonds is 3. The third kappa shape index (κ3) is 3.39. The number of benzene rings is 1. The number of aromatic nitrogens is 1. The van der Waals surface area contributed by atoms with Crippen LogP contribution in [0.15, 0.2) is 29.3 Å². The quantitative estimate of drug-likeness (QED) is 0.740. The van der Waals surface area contributed by atoms with Crippen molar-refractivity contribution in [3.05, 3.63) is 35.4 Å². The van der Waals surface area contributed by atoms with E-state index in [2.05, 4.69) is 31.2 Å². The average Bonchev–Trinajstić information content (AvgIpc) is 2.53. The van der Waals surface area contributed by atoms with Crippen molar-refractivity contribution in [1.29, 1.82) is 5.26 Å². The minimum absolute atomic E-state index is 0.717. The highest BCUT2D eigenvalue weighted by Gasteiger charge is 2.15. The Morgan fingerprint density at radius 3 is 2.81 bits per heavy atom. The molecule has 1 aromatic heterocycles. The number of pyridine rings is 1. The van der Waals surface area contributed by atoms with Gasteiger partial charge in [0.15, 0.2) is 0 Å². The van der Waals surface area contributed by atoms with E-state index in [1.165, 1.54) is 37.7 Å². The van der Waals surface area contributed by atoms with Gasteiger partial charge in [-0.25, -0.2) is 4.98 Å². The highest BCUT2D eigenvalue weighted by Crippen LogP contribution is 2.31. The zero-order valence-corrected chi connectivity index (χ0v) is 13.2. The molecule has 3 rings (SSSR count). The third-order valence-electron chi connectivity index (χ3n) is 4.24. The summed E-state index contributed by atoms with van der Waals surface area (Å²) in [5.74, 6) is 1.89. The van der Waals surface area contributed by atoms with E-state index in [0.29, 0.717) is 5.56 Å². The number of thioether (sulfide) groups is 1. The fraction of sp³-hybridized carbons (Fsp3) is 0.444. The SMILES string of the molecule is Cc1ccc2nc(SCC3CCCCC3)c(C#N)cc2c1. The number of nitriles is 1. The molecular weight excluding hydrogens is 276 g/mol. The monoisotopic (exact) mass is 296 g/mol. The fourth-order valence-electron chi connectivity index (χ4n) is 3.02. The van der Waals surface area contributed by atoms with Crippen molar-refractivity contribution < 1.29 is 0 Å². The van der Waals surface area contributed by atoms with E-state index in [9.17, 15) is 5.26 Å². The highest BCUT2D eigenvalue weighted by molar-refractivity contribution is 7.99. The van der Waals surface area contributed by atoms with Crippen LogP contribution in [0.3, 0.4) is 0 Å². The minimum Gasteiger partial charge on any atom is -0.240 e. The van der Waals surface area contributed by atoms with E-state index in [4.69, 9.17) is 4.98 Å². The van der Waals surface area contributed by atoms with Crippen LogP contribution in [0, 0.1) is 24.2 Å². The number of aryl methyl sites for hydroxylation is 1. The first-order valence-corrected chi connectivity index (χ1v) is 8.69. The van der Waals surface area contributed by atoms with E-state index >= 15 is 0 Å². The molecule has 108 valence electrons. The van der Waals surface area contributed by atoms with Crippen molar-refractivity contribution in [2.45, 2.75) is 44.1 Å². The second kappa shape index (κ2) is 6.49. The van der Waals surface area contributed by atoms with Crippen LogP contribution in [-0.2, 0) is 0 Å². The lowest BCUT2D eigenvalue weighted by Gasteiger charge is -2.20. The lowest BCUT2D eigenvalue weighted by molar-refractivity contribution is 0.391. The highest BCUT2D eigenvalue weighted by atomic mass is 32.2. The molecule has 0 amide bonds. The molecule has 0 bridgehead atoms. The van der Waals surface area contributed by atoms with Crippen LogP contribution in [0.25, 0.3) is 10.9 Å². The summed E-state index contributed by atoms with van der Waals surface area (Å²) in [6.45, 7) is 2.07. The van der Waals surface area contributed by atoms with Gasteiger partial charge >= 0.3 is 0 Å². The summed E-state index contributed by atoms with van der Waals surface area (Å²) in [5.41, 5.74) is 2.91. The van der Waals surface area contributed by atoms with Crippen LogP contribution in [0.5, 0.6) is 0 Å². The lowest BCUT2D eigenvalue weighted by atomic mass is 9.91. The topological polar surface area (TPSA) is 36.7 Å². The maximum absolute atomic E-state index is 9.38. The largest absolute Gasteiger partial charge is 0.240 e. The van der Waals surface area contributed by atoms with Crippen LogP contribution in [-0.4, -0.2) is 10.7 Å². The van der Waals surface area contributed by atoms with Crippen molar-refractivity contribution >= 4 is 22.7 Å². The molecule has 0 saturated heterocycles. The Labute approximate surface area is 130 Å². The normalized spacial score (nSPS) is 16.0. The molecule has 0 unspecified atom stereocenters. The molecule has 1 saturated carbocycles. The van der Waals surface area contributed by atoms with E-state index in [1.54, 1.807) is 11.8 Å². The van der Waals surface area contributed by atoms with E-state index < -0.39 is 0 Å². The van der Waals surface area contributed by atoms with Crippen LogP contribution in [0.4, 0.5) is 0 Å². The molecule has 2 aromatic rings. The molecule has 1 aliphatic carbocycles. The Bertz CT molecular complexity index is 681. The van der Waals surface area contributed by atoms with Crippen molar-refractivity contribution in [2.24, 2.45) is 5.92 Å². The Kier molecular flexibility index (Phi) is 4.45. The third-order valence-corrected chi connectivity index (χ3v) is 5.46. The maximum Gasteiger partial charge on any atom is 0.115 e. The summed E-state index contributed by atoms with van der Waals surface area (Å²) >= 11 is 1.76. The summed E-state index contributed by atoms with van der Waals surface area (Å²) in [5, 5.41) is 11.3. The van der Waals surface area contributed by atoms with Gasteiger partial charge < -0.3 is 0 Å². The Hall–Kier alpha value is -1.53. The molecule has 1 aliphatic rings. The second-order valence-electron chi connectivity index (χ2n) is 5.96. The van der Waals surface area contributed by atoms with Crippen LogP contribution < -0.4 is 0 Å². The van der Waals surface area contributed by atoms with Crippen molar-refractivity contribution in [2.75, 3.05) is 5.75 Å². The summed E-state index contributed by atoms with van der Waals surface area (Å²) in [4.78, 5) is 4.71. The predicted octanol–water partition coefficient (Wildman–Crippen LogP) is 5.09. The molecule has 0 spiro atoms. The number of hydrogen-bond acceptors (Lipinski definition) is 3. The van der Waals surface area contributed by atoms with Crippen LogP contribution >= 0.6 is 11.8 Å². The summed E-state index contributed by atoms with van der Waals surface area (Å²) in [6, 6.07) is 10.5. The van der Waals surface area contributed by atoms with E-state index in [-0.39, 0.29) is 0 Å². The molecular formula is C18H20N2S. The average molecular weight is 296 g/mol. The number of fused-ring (bicyclic) bond motifs is 1. The van der Waals surface area contributed by atoms with Gasteiger partial charge in [0.05, 0.1) is 11.1 Å². The first-order chi connectivity index (χ1) is 10.3. The van der Waals surface area contributed by atoms with Gasteiger partial charge in [0.2, 0.25) is 0 Å². The van der Waals surface area contributed by atoms with Gasteiger partial charge in [0.25, 0.3) is 0 Å². The van der Waals surface area contributed by atoms with Crippen molar-refractivity contribution in [3.8, 4) is 6.07 Å². The molecule has 0 aliphatic heterocycles. The number of hydrogen-bond donors (Lipinski definition) is 0. The molecule has 1 fully saturated rings. The van der Waals surface area contributed by atoms with Gasteiger partial charge in [-0.3, -0.25) is 0 Å². The fourth-order valence-corrected chi connectivity index (χ4v) is 4.17. The van der Waals surface area contributed by atoms with E-state index in [1.807, 2.05) is 6.07 Å². The lowest BCUT2D eigenvalue weighted by Crippen LogP contribution is -2.08. The summed E-state index contributed by atoms with van der Waals surface area (Å²) < 4.78 is 0. The molecule has 0 N–H and O–H groups in total. The molecule has 0 atom stereocenters. The zero-order chi connectivity index (χ0) is 14.7. The van der Waals surface area contributed by atoms with Crippen LogP contribution in [0.1, 0.15) is 43.2 Å². The van der Waals surface area contributed by atoms with Gasteiger partial charge in [-0.05, 0) is 43.9 Å². The van der Waals surface area contributed by atoms with Crippen molar-refractivity contribution in [3.63, 3.8) is 0 Å². The molecule has 1 aromatic carbocycles. The molecule has 2 nitrogen and oxygen atoms in total. The number of nitrogens with zero attached hydrogens (tertiary/aromatic N) is 2. The molecule has 1 heterocycles. The van der Waals surface area contributed by atoms with Gasteiger partial charge in [-0.1, -0.05) is 30.9 Å². The first-order valence-electron chi connectivity index (χ1n) is 7.70. The second-order valence-corrected chi connectivity index (χ2v) is 6.97. The first kappa shape index (κ1) is 14.4. The van der Waals surface area contributed by atoms with Gasteiger partial charge in [-0.15, -0.1) is 11.8 Å². The van der Waals surface area contributed by atoms with Gasteiger partial charge in [0, 0.05) is 11.1 Å². The van der Waals surface area contributed by atoms with Gasteiger partial charge in [0.1, 0.15) is 11.1 Å². The van der Waals surface area contributed by atoms with Gasteiger partial charge in [-0.2, -0.15) is 5.26 Å². The maximum atomic E-state index is 9.38. The van der Waals surface area contributed by atoms with Crippen LogP contribution in [0.2, 0.25) is 0 Å². The molecule has 21 heavy (non-hydrogen) atoms. The standard InChI is InChI=1S/C18H20N2S/c1-13-7-8-17-15(9-13)10-16(11-19)18(20-17)21-12-14-5-3-2-4-6-14/h7-10,14H,2-6,12H2,1H3. The molecule has 0 radical (unpaired) electrons. The molecule has 3 heteroatoms. The van der Waals surface area contributed by atoms with E-state index in [0.717, 1.165) is 27.6 Å². The smallest absolute Gasteiger partial charge is 0.115 e. The predicted molar refractivity (Wildman–Crippen MR) is 88.5 cm³/mol. The minimum atomic E-state index is 0.717. The summed E-state index contributed by atoms with van der Waals surface area (Å²) in [6.07, 6.45) is 6.78. The van der Waals surface area contributed by atoms with Crippen molar-refractivity contribution in [1.82, 2.24) is 4.98 Å². The Balaban J connectivity index is 1.83.